The van der Waals surface area contributed by atoms with Crippen LogP contribution in [0.5, 0.6) is 5.75 Å². The molecule has 0 unspecified atom stereocenters. The van der Waals surface area contributed by atoms with Crippen LogP contribution in [0.4, 0.5) is 5.69 Å². The Bertz CT molecular complexity index is 1330. The van der Waals surface area contributed by atoms with Gasteiger partial charge in [-0.1, -0.05) is 78.9 Å². The average molecular weight is 452 g/mol. The summed E-state index contributed by atoms with van der Waals surface area (Å²) in [5.41, 5.74) is 5.84. The number of hydrazone groups is 1. The van der Waals surface area contributed by atoms with Gasteiger partial charge in [-0.3, -0.25) is 9.59 Å². The van der Waals surface area contributed by atoms with Crippen LogP contribution in [0.2, 0.25) is 0 Å². The van der Waals surface area contributed by atoms with Crippen molar-refractivity contribution in [3.05, 3.63) is 108 Å². The Kier molecular flexibility index (Phi) is 7.30. The van der Waals surface area contributed by atoms with Crippen LogP contribution in [-0.2, 0) is 16.2 Å². The van der Waals surface area contributed by atoms with E-state index in [0.29, 0.717) is 18.0 Å². The molecule has 0 fully saturated rings. The summed E-state index contributed by atoms with van der Waals surface area (Å²) in [5, 5.41) is 8.82. The quantitative estimate of drug-likeness (QED) is 0.219. The summed E-state index contributed by atoms with van der Waals surface area (Å²) in [6.45, 7) is 2.30. The zero-order valence-corrected chi connectivity index (χ0v) is 18.8. The molecule has 170 valence electrons. The Hall–Kier alpha value is -4.45. The number of hydrogen-bond acceptors (Lipinski definition) is 4. The highest BCUT2D eigenvalue weighted by Gasteiger charge is 2.11. The van der Waals surface area contributed by atoms with Gasteiger partial charge in [0.15, 0.2) is 0 Å². The zero-order valence-electron chi connectivity index (χ0n) is 18.8. The van der Waals surface area contributed by atoms with Crippen LogP contribution in [0, 0.1) is 6.92 Å². The lowest BCUT2D eigenvalue weighted by molar-refractivity contribution is -0.126. The largest absolute Gasteiger partial charge is 0.488 e. The maximum atomic E-state index is 12.3. The highest BCUT2D eigenvalue weighted by molar-refractivity contribution is 6.05. The van der Waals surface area contributed by atoms with Crippen LogP contribution in [0.3, 0.4) is 0 Å². The second-order valence-corrected chi connectivity index (χ2v) is 7.81. The molecule has 0 aliphatic carbocycles. The summed E-state index contributed by atoms with van der Waals surface area (Å²) in [7, 11) is 0. The van der Waals surface area contributed by atoms with Crippen molar-refractivity contribution < 1.29 is 14.3 Å². The number of fused-ring (bicyclic) bond motifs is 1. The summed E-state index contributed by atoms with van der Waals surface area (Å²) >= 11 is 0. The third-order valence-electron chi connectivity index (χ3n) is 5.29. The number of aryl methyl sites for hydroxylation is 1. The molecule has 4 rings (SSSR count). The Morgan fingerprint density at radius 2 is 1.59 bits per heavy atom. The highest BCUT2D eigenvalue weighted by atomic mass is 16.5. The standard InChI is InChI=1S/C28H25N3O3/c1-20-9-5-8-14-25(20)30-27(32)17-28(33)31-29-18-24-23-13-7-6-12-22(23)15-16-26(24)34-19-21-10-3-2-4-11-21/h2-16,18H,17,19H2,1H3,(H,30,32)(H,31,33). The molecule has 4 aromatic carbocycles. The molecule has 6 heteroatoms. The van der Waals surface area contributed by atoms with Gasteiger partial charge >= 0.3 is 0 Å². The van der Waals surface area contributed by atoms with E-state index >= 15 is 0 Å². The molecule has 0 atom stereocenters. The molecule has 0 spiro atoms. The summed E-state index contributed by atoms with van der Waals surface area (Å²) < 4.78 is 6.06. The second-order valence-electron chi connectivity index (χ2n) is 7.81. The molecule has 0 saturated heterocycles. The van der Waals surface area contributed by atoms with E-state index in [2.05, 4.69) is 15.8 Å². The topological polar surface area (TPSA) is 79.8 Å². The molecule has 0 aromatic heterocycles. The number of benzene rings is 4. The first kappa shape index (κ1) is 22.7. The number of nitrogens with one attached hydrogen (secondary N) is 2. The second kappa shape index (κ2) is 10.9. The van der Waals surface area contributed by atoms with Crippen LogP contribution >= 0.6 is 0 Å². The lowest BCUT2D eigenvalue weighted by Crippen LogP contribution is -2.24. The molecule has 2 N–H and O–H groups in total. The minimum absolute atomic E-state index is 0.335. The van der Waals surface area contributed by atoms with E-state index in [-0.39, 0.29) is 6.42 Å². The van der Waals surface area contributed by atoms with Crippen LogP contribution in [0.15, 0.2) is 96.1 Å². The summed E-state index contributed by atoms with van der Waals surface area (Å²) in [6.07, 6.45) is 1.22. The normalized spacial score (nSPS) is 10.9. The monoisotopic (exact) mass is 451 g/mol. The molecule has 0 aliphatic rings. The third-order valence-corrected chi connectivity index (χ3v) is 5.29. The molecule has 0 aliphatic heterocycles. The fourth-order valence-electron chi connectivity index (χ4n) is 3.53. The molecular formula is C28H25N3O3. The third kappa shape index (κ3) is 5.86. The van der Waals surface area contributed by atoms with Gasteiger partial charge in [0.2, 0.25) is 11.8 Å². The molecule has 34 heavy (non-hydrogen) atoms. The van der Waals surface area contributed by atoms with Gasteiger partial charge in [-0.15, -0.1) is 0 Å². The van der Waals surface area contributed by atoms with Crippen molar-refractivity contribution in [3.63, 3.8) is 0 Å². The van der Waals surface area contributed by atoms with Gasteiger partial charge in [-0.2, -0.15) is 5.10 Å². The number of para-hydroxylation sites is 1. The number of carbonyl (C=O) groups excluding carboxylic acids is 2. The Labute approximate surface area is 198 Å². The molecule has 0 saturated carbocycles. The van der Waals surface area contributed by atoms with Gasteiger partial charge in [0.05, 0.1) is 6.21 Å². The SMILES string of the molecule is Cc1ccccc1NC(=O)CC(=O)NN=Cc1c(OCc2ccccc2)ccc2ccccc12. The van der Waals surface area contributed by atoms with Crippen molar-refractivity contribution in [1.82, 2.24) is 5.43 Å². The van der Waals surface area contributed by atoms with Crippen molar-refractivity contribution >= 4 is 34.5 Å². The number of nitrogens with zero attached hydrogens (tertiary/aromatic N) is 1. The van der Waals surface area contributed by atoms with Crippen molar-refractivity contribution in [3.8, 4) is 5.75 Å². The minimum atomic E-state index is -0.505. The van der Waals surface area contributed by atoms with Crippen LogP contribution in [-0.4, -0.2) is 18.0 Å². The van der Waals surface area contributed by atoms with Gasteiger partial charge in [-0.05, 0) is 41.0 Å². The smallest absolute Gasteiger partial charge is 0.249 e. The van der Waals surface area contributed by atoms with E-state index in [1.54, 1.807) is 12.3 Å². The van der Waals surface area contributed by atoms with Crippen LogP contribution in [0.25, 0.3) is 10.8 Å². The number of anilines is 1. The van der Waals surface area contributed by atoms with Crippen molar-refractivity contribution in [1.29, 1.82) is 0 Å². The van der Waals surface area contributed by atoms with Gasteiger partial charge in [0.25, 0.3) is 0 Å². The molecule has 2 amide bonds. The molecule has 4 aromatic rings. The maximum Gasteiger partial charge on any atom is 0.249 e. The average Bonchev–Trinajstić information content (AvgIpc) is 2.85. The zero-order chi connectivity index (χ0) is 23.8. The van der Waals surface area contributed by atoms with Crippen molar-refractivity contribution in [2.75, 3.05) is 5.32 Å². The van der Waals surface area contributed by atoms with Gasteiger partial charge in [0, 0.05) is 11.3 Å². The predicted molar refractivity (Wildman–Crippen MR) is 135 cm³/mol. The first-order chi connectivity index (χ1) is 16.6. The molecule has 0 bridgehead atoms. The maximum absolute atomic E-state index is 12.3. The Balaban J connectivity index is 1.44. The van der Waals surface area contributed by atoms with Crippen molar-refractivity contribution in [2.45, 2.75) is 20.0 Å². The Morgan fingerprint density at radius 1 is 0.853 bits per heavy atom. The van der Waals surface area contributed by atoms with Crippen LogP contribution in [0.1, 0.15) is 23.1 Å². The summed E-state index contributed by atoms with van der Waals surface area (Å²) in [5.74, 6) is -0.258. The molecule has 0 heterocycles. The molecule has 6 nitrogen and oxygen atoms in total. The van der Waals surface area contributed by atoms with Gasteiger partial charge in [-0.25, -0.2) is 5.43 Å². The number of hydrogen-bond donors (Lipinski definition) is 2. The van der Waals surface area contributed by atoms with E-state index in [9.17, 15) is 9.59 Å². The van der Waals surface area contributed by atoms with E-state index in [0.717, 1.165) is 27.5 Å². The molecular weight excluding hydrogens is 426 g/mol. The number of amides is 2. The van der Waals surface area contributed by atoms with Crippen molar-refractivity contribution in [2.24, 2.45) is 5.10 Å². The minimum Gasteiger partial charge on any atom is -0.488 e. The van der Waals surface area contributed by atoms with Crippen LogP contribution < -0.4 is 15.5 Å². The fraction of sp³-hybridized carbons (Fsp3) is 0.107. The number of rotatable bonds is 8. The highest BCUT2D eigenvalue weighted by Crippen LogP contribution is 2.27. The fourth-order valence-corrected chi connectivity index (χ4v) is 3.53. The van der Waals surface area contributed by atoms with E-state index in [4.69, 9.17) is 4.74 Å². The molecule has 0 radical (unpaired) electrons. The number of ether oxygens (including phenoxy) is 1. The van der Waals surface area contributed by atoms with E-state index in [1.165, 1.54) is 0 Å². The predicted octanol–water partition coefficient (Wildman–Crippen LogP) is 5.21. The van der Waals surface area contributed by atoms with E-state index in [1.807, 2.05) is 91.9 Å². The Morgan fingerprint density at radius 3 is 2.41 bits per heavy atom. The summed E-state index contributed by atoms with van der Waals surface area (Å²) in [4.78, 5) is 24.5. The van der Waals surface area contributed by atoms with E-state index < -0.39 is 11.8 Å². The first-order valence-corrected chi connectivity index (χ1v) is 11.0. The summed E-state index contributed by atoms with van der Waals surface area (Å²) in [6, 6.07) is 29.0. The van der Waals surface area contributed by atoms with Gasteiger partial charge in [0.1, 0.15) is 18.8 Å². The number of carbonyl (C=O) groups is 2. The van der Waals surface area contributed by atoms with Gasteiger partial charge < -0.3 is 10.1 Å². The first-order valence-electron chi connectivity index (χ1n) is 11.0. The lowest BCUT2D eigenvalue weighted by atomic mass is 10.0. The lowest BCUT2D eigenvalue weighted by Gasteiger charge is -2.12.